The van der Waals surface area contributed by atoms with Gasteiger partial charge >= 0.3 is 0 Å². The van der Waals surface area contributed by atoms with Crippen LogP contribution in [0.2, 0.25) is 0 Å². The molecular formula is C9H13FIN3O4. The van der Waals surface area contributed by atoms with Crippen LogP contribution < -0.4 is 5.73 Å². The van der Waals surface area contributed by atoms with E-state index in [1.807, 2.05) is 22.6 Å². The molecule has 1 fully saturated rings. The second kappa shape index (κ2) is 5.25. The van der Waals surface area contributed by atoms with Crippen molar-refractivity contribution in [1.29, 1.82) is 0 Å². The van der Waals surface area contributed by atoms with Crippen molar-refractivity contribution in [2.75, 3.05) is 6.61 Å². The van der Waals surface area contributed by atoms with Crippen LogP contribution in [0.25, 0.3) is 0 Å². The first kappa shape index (κ1) is 13.9. The Morgan fingerprint density at radius 3 is 2.78 bits per heavy atom. The molecule has 0 spiro atoms. The molecule has 0 aliphatic carbocycles. The third-order valence-corrected chi connectivity index (χ3v) is 3.63. The van der Waals surface area contributed by atoms with E-state index in [0.717, 1.165) is 4.90 Å². The van der Waals surface area contributed by atoms with E-state index in [1.54, 1.807) is 0 Å². The van der Waals surface area contributed by atoms with Gasteiger partial charge in [0, 0.05) is 6.20 Å². The lowest BCUT2D eigenvalue weighted by Gasteiger charge is -2.33. The summed E-state index contributed by atoms with van der Waals surface area (Å²) in [6.07, 6.45) is -5.41. The van der Waals surface area contributed by atoms with Gasteiger partial charge in [0.1, 0.15) is 18.0 Å². The molecule has 18 heavy (non-hydrogen) atoms. The Morgan fingerprint density at radius 1 is 1.56 bits per heavy atom. The standard InChI is InChI=1S/C9H13FIN3O4/c10-5-6(16)4(2-15)18-8(5)14-1-3(11)7(12)13-9(14)17/h1,4-6,8-9,15-17H,2H2,(H2,12,13). The quantitative estimate of drug-likeness (QED) is 0.445. The molecule has 0 radical (unpaired) electrons. The topological polar surface area (TPSA) is 112 Å². The molecule has 2 heterocycles. The van der Waals surface area contributed by atoms with E-state index in [1.165, 1.54) is 6.20 Å². The van der Waals surface area contributed by atoms with E-state index in [4.69, 9.17) is 15.6 Å². The van der Waals surface area contributed by atoms with Gasteiger partial charge in [0.15, 0.2) is 12.4 Å². The molecule has 102 valence electrons. The minimum atomic E-state index is -1.76. The molecule has 0 amide bonds. The zero-order valence-electron chi connectivity index (χ0n) is 9.15. The van der Waals surface area contributed by atoms with Crippen molar-refractivity contribution >= 4 is 28.4 Å². The summed E-state index contributed by atoms with van der Waals surface area (Å²) >= 11 is 1.88. The summed E-state index contributed by atoms with van der Waals surface area (Å²) in [7, 11) is 0. The number of aliphatic imine (C=N–C) groups is 1. The highest BCUT2D eigenvalue weighted by molar-refractivity contribution is 14.1. The number of amidine groups is 1. The van der Waals surface area contributed by atoms with Crippen LogP contribution in [0.4, 0.5) is 4.39 Å². The summed E-state index contributed by atoms with van der Waals surface area (Å²) in [4.78, 5) is 4.82. The number of nitrogens with two attached hydrogens (primary N) is 1. The fourth-order valence-electron chi connectivity index (χ4n) is 1.82. The molecule has 0 saturated carbocycles. The van der Waals surface area contributed by atoms with E-state index >= 15 is 0 Å². The summed E-state index contributed by atoms with van der Waals surface area (Å²) in [5.41, 5.74) is 5.51. The molecule has 0 aromatic carbocycles. The van der Waals surface area contributed by atoms with Crippen molar-refractivity contribution in [3.05, 3.63) is 9.78 Å². The number of halogens is 2. The van der Waals surface area contributed by atoms with Crippen LogP contribution in [0.15, 0.2) is 14.8 Å². The van der Waals surface area contributed by atoms with E-state index in [9.17, 15) is 14.6 Å². The molecule has 0 aromatic rings. The maximum absolute atomic E-state index is 13.9. The second-order valence-corrected chi connectivity index (χ2v) is 5.13. The van der Waals surface area contributed by atoms with Gasteiger partial charge in [-0.1, -0.05) is 0 Å². The first-order chi connectivity index (χ1) is 8.45. The number of hydrogen-bond acceptors (Lipinski definition) is 7. The first-order valence-electron chi connectivity index (χ1n) is 5.20. The molecule has 5 N–H and O–H groups in total. The van der Waals surface area contributed by atoms with E-state index < -0.39 is 37.6 Å². The lowest BCUT2D eigenvalue weighted by Crippen LogP contribution is -2.46. The Kier molecular flexibility index (Phi) is 4.06. The third kappa shape index (κ3) is 2.32. The van der Waals surface area contributed by atoms with Crippen molar-refractivity contribution < 1.29 is 24.4 Å². The van der Waals surface area contributed by atoms with Crippen LogP contribution in [0, 0.1) is 0 Å². The second-order valence-electron chi connectivity index (χ2n) is 3.97. The van der Waals surface area contributed by atoms with Crippen LogP contribution in [-0.4, -0.2) is 63.6 Å². The maximum atomic E-state index is 13.9. The number of ether oxygens (including phenoxy) is 1. The van der Waals surface area contributed by atoms with Gasteiger partial charge in [0.05, 0.1) is 10.2 Å². The number of rotatable bonds is 2. The number of aliphatic hydroxyl groups is 3. The molecular weight excluding hydrogens is 360 g/mol. The van der Waals surface area contributed by atoms with Crippen LogP contribution in [0.3, 0.4) is 0 Å². The molecule has 0 aromatic heterocycles. The number of hydrogen-bond donors (Lipinski definition) is 4. The van der Waals surface area contributed by atoms with Crippen molar-refractivity contribution in [1.82, 2.24) is 4.90 Å². The summed E-state index contributed by atoms with van der Waals surface area (Å²) in [6, 6.07) is 0. The molecule has 5 atom stereocenters. The van der Waals surface area contributed by atoms with E-state index in [2.05, 4.69) is 4.99 Å². The normalized spacial score (nSPS) is 40.7. The molecule has 0 bridgehead atoms. The minimum absolute atomic E-state index is 0.145. The monoisotopic (exact) mass is 373 g/mol. The summed E-state index contributed by atoms with van der Waals surface area (Å²) in [6.45, 7) is -0.506. The predicted molar refractivity (Wildman–Crippen MR) is 68.2 cm³/mol. The van der Waals surface area contributed by atoms with Crippen LogP contribution in [0.5, 0.6) is 0 Å². The summed E-state index contributed by atoms with van der Waals surface area (Å²) < 4.78 is 19.5. The Balaban J connectivity index is 2.18. The Hall–Kier alpha value is -0.490. The van der Waals surface area contributed by atoms with Gasteiger partial charge in [-0.3, -0.25) is 0 Å². The van der Waals surface area contributed by atoms with E-state index in [-0.39, 0.29) is 5.84 Å². The molecule has 2 aliphatic heterocycles. The smallest absolute Gasteiger partial charge is 0.229 e. The van der Waals surface area contributed by atoms with Crippen molar-refractivity contribution in [2.24, 2.45) is 10.7 Å². The fourth-order valence-corrected chi connectivity index (χ4v) is 2.28. The molecule has 5 unspecified atom stereocenters. The Bertz CT molecular complexity index is 394. The molecule has 7 nitrogen and oxygen atoms in total. The van der Waals surface area contributed by atoms with Gasteiger partial charge < -0.3 is 30.7 Å². The SMILES string of the molecule is NC1=NC(O)N(C2OC(CO)C(O)C2F)C=C1I. The summed E-state index contributed by atoms with van der Waals surface area (Å²) in [5, 5.41) is 28.1. The molecule has 1 saturated heterocycles. The highest BCUT2D eigenvalue weighted by atomic mass is 127. The third-order valence-electron chi connectivity index (χ3n) is 2.80. The number of nitrogens with zero attached hydrogens (tertiary/aromatic N) is 2. The van der Waals surface area contributed by atoms with Crippen molar-refractivity contribution in [3.63, 3.8) is 0 Å². The molecule has 2 aliphatic rings. The van der Waals surface area contributed by atoms with Crippen LogP contribution >= 0.6 is 22.6 Å². The fraction of sp³-hybridized carbons (Fsp3) is 0.667. The molecule has 9 heteroatoms. The lowest BCUT2D eigenvalue weighted by molar-refractivity contribution is -0.120. The van der Waals surface area contributed by atoms with Gasteiger partial charge in [-0.05, 0) is 22.6 Å². The Labute approximate surface area is 116 Å². The van der Waals surface area contributed by atoms with Crippen LogP contribution in [0.1, 0.15) is 0 Å². The maximum Gasteiger partial charge on any atom is 0.229 e. The largest absolute Gasteiger partial charge is 0.394 e. The van der Waals surface area contributed by atoms with Gasteiger partial charge in [-0.15, -0.1) is 0 Å². The first-order valence-corrected chi connectivity index (χ1v) is 6.28. The Morgan fingerprint density at radius 2 is 2.22 bits per heavy atom. The summed E-state index contributed by atoms with van der Waals surface area (Å²) in [5.74, 6) is 0.145. The lowest BCUT2D eigenvalue weighted by atomic mass is 10.1. The van der Waals surface area contributed by atoms with Gasteiger partial charge in [-0.25, -0.2) is 9.38 Å². The number of alkyl halides is 1. The van der Waals surface area contributed by atoms with E-state index in [0.29, 0.717) is 3.58 Å². The van der Waals surface area contributed by atoms with Crippen LogP contribution in [-0.2, 0) is 4.74 Å². The molecule has 2 rings (SSSR count). The highest BCUT2D eigenvalue weighted by Crippen LogP contribution is 2.30. The average Bonchev–Trinajstić information content (AvgIpc) is 2.61. The van der Waals surface area contributed by atoms with Crippen molar-refractivity contribution in [3.8, 4) is 0 Å². The van der Waals surface area contributed by atoms with Crippen molar-refractivity contribution in [2.45, 2.75) is 31.0 Å². The predicted octanol–water partition coefficient (Wildman–Crippen LogP) is -1.37. The minimum Gasteiger partial charge on any atom is -0.394 e. The zero-order chi connectivity index (χ0) is 13.4. The zero-order valence-corrected chi connectivity index (χ0v) is 11.3. The average molecular weight is 373 g/mol. The highest BCUT2D eigenvalue weighted by Gasteiger charge is 2.48. The van der Waals surface area contributed by atoms with Gasteiger partial charge in [0.25, 0.3) is 0 Å². The number of aliphatic hydroxyl groups excluding tert-OH is 3. The van der Waals surface area contributed by atoms with Gasteiger partial charge in [0.2, 0.25) is 6.35 Å². The van der Waals surface area contributed by atoms with Gasteiger partial charge in [-0.2, -0.15) is 0 Å².